The molecule has 0 aliphatic carbocycles. The van der Waals surface area contributed by atoms with E-state index in [4.69, 9.17) is 0 Å². The molecule has 0 spiro atoms. The summed E-state index contributed by atoms with van der Waals surface area (Å²) in [5.74, 6) is -1.87. The zero-order chi connectivity index (χ0) is 18.4. The van der Waals surface area contributed by atoms with Crippen molar-refractivity contribution in [3.8, 4) is 0 Å². The summed E-state index contributed by atoms with van der Waals surface area (Å²) in [5.41, 5.74) is 0.730. The quantitative estimate of drug-likeness (QED) is 0.791. The third kappa shape index (κ3) is 5.63. The van der Waals surface area contributed by atoms with Crippen LogP contribution in [0.25, 0.3) is 0 Å². The van der Waals surface area contributed by atoms with Gasteiger partial charge in [-0.15, -0.1) is 0 Å². The van der Waals surface area contributed by atoms with Crippen LogP contribution in [-0.2, 0) is 11.3 Å². The lowest BCUT2D eigenvalue weighted by Crippen LogP contribution is -2.32. The average Bonchev–Trinajstić information content (AvgIpc) is 2.57. The number of amides is 2. The lowest BCUT2D eigenvalue weighted by atomic mass is 10.2. The summed E-state index contributed by atoms with van der Waals surface area (Å²) in [6.07, 6.45) is 0.0849. The first-order valence-corrected chi connectivity index (χ1v) is 8.38. The molecule has 0 atom stereocenters. The highest BCUT2D eigenvalue weighted by atomic mass is 79.9. The molecule has 0 aromatic heterocycles. The Morgan fingerprint density at radius 2 is 1.80 bits per heavy atom. The minimum Gasteiger partial charge on any atom is -0.352 e. The Morgan fingerprint density at radius 3 is 2.44 bits per heavy atom. The van der Waals surface area contributed by atoms with Gasteiger partial charge in [-0.25, -0.2) is 8.78 Å². The summed E-state index contributed by atoms with van der Waals surface area (Å²) < 4.78 is 27.4. The SMILES string of the molecule is CN(Cc1ccc(F)cc1F)C(=O)CCNC(=O)c1ccc(Br)cc1. The molecule has 132 valence electrons. The van der Waals surface area contributed by atoms with Crippen molar-refractivity contribution in [1.29, 1.82) is 0 Å². The number of hydrogen-bond acceptors (Lipinski definition) is 2. The normalized spacial score (nSPS) is 10.4. The van der Waals surface area contributed by atoms with Crippen LogP contribution in [0.4, 0.5) is 8.78 Å². The molecule has 1 N–H and O–H groups in total. The van der Waals surface area contributed by atoms with Crippen LogP contribution in [0.3, 0.4) is 0 Å². The van der Waals surface area contributed by atoms with E-state index >= 15 is 0 Å². The maximum Gasteiger partial charge on any atom is 0.251 e. The van der Waals surface area contributed by atoms with Crippen LogP contribution in [0.1, 0.15) is 22.3 Å². The van der Waals surface area contributed by atoms with E-state index in [1.807, 2.05) is 0 Å². The van der Waals surface area contributed by atoms with E-state index in [0.717, 1.165) is 16.6 Å². The van der Waals surface area contributed by atoms with Gasteiger partial charge in [0.2, 0.25) is 5.91 Å². The number of carbonyl (C=O) groups excluding carboxylic acids is 2. The molecule has 0 radical (unpaired) electrons. The zero-order valence-electron chi connectivity index (χ0n) is 13.6. The summed E-state index contributed by atoms with van der Waals surface area (Å²) >= 11 is 3.29. The molecule has 7 heteroatoms. The van der Waals surface area contributed by atoms with Crippen molar-refractivity contribution in [3.63, 3.8) is 0 Å². The molecule has 0 aliphatic heterocycles. The van der Waals surface area contributed by atoms with Crippen LogP contribution < -0.4 is 5.32 Å². The number of benzene rings is 2. The second-order valence-electron chi connectivity index (χ2n) is 5.50. The van der Waals surface area contributed by atoms with Crippen LogP contribution in [0.2, 0.25) is 0 Å². The van der Waals surface area contributed by atoms with Gasteiger partial charge in [-0.1, -0.05) is 22.0 Å². The van der Waals surface area contributed by atoms with E-state index in [1.165, 1.54) is 18.0 Å². The second kappa shape index (κ2) is 8.71. The molecule has 0 bridgehead atoms. The Balaban J connectivity index is 1.81. The van der Waals surface area contributed by atoms with Crippen molar-refractivity contribution in [2.75, 3.05) is 13.6 Å². The Morgan fingerprint density at radius 1 is 1.12 bits per heavy atom. The first kappa shape index (κ1) is 19.1. The zero-order valence-corrected chi connectivity index (χ0v) is 15.1. The van der Waals surface area contributed by atoms with Crippen LogP contribution in [0.15, 0.2) is 46.9 Å². The van der Waals surface area contributed by atoms with Gasteiger partial charge in [-0.05, 0) is 30.3 Å². The third-order valence-corrected chi connectivity index (χ3v) is 4.11. The molecule has 4 nitrogen and oxygen atoms in total. The van der Waals surface area contributed by atoms with Crippen LogP contribution in [0.5, 0.6) is 0 Å². The number of hydrogen-bond donors (Lipinski definition) is 1. The van der Waals surface area contributed by atoms with E-state index in [0.29, 0.717) is 5.56 Å². The van der Waals surface area contributed by atoms with Gasteiger partial charge < -0.3 is 10.2 Å². The topological polar surface area (TPSA) is 49.4 Å². The first-order chi connectivity index (χ1) is 11.9. The summed E-state index contributed by atoms with van der Waals surface area (Å²) in [6.45, 7) is 0.204. The van der Waals surface area contributed by atoms with E-state index < -0.39 is 11.6 Å². The standard InChI is InChI=1S/C18H17BrF2N2O2/c1-23(11-13-4-7-15(20)10-16(13)21)17(24)8-9-22-18(25)12-2-5-14(19)6-3-12/h2-7,10H,8-9,11H2,1H3,(H,22,25). The summed E-state index contributed by atoms with van der Waals surface area (Å²) in [4.78, 5) is 25.3. The Kier molecular flexibility index (Phi) is 6.64. The average molecular weight is 411 g/mol. The predicted octanol–water partition coefficient (Wildman–Crippen LogP) is 3.51. The van der Waals surface area contributed by atoms with E-state index in [9.17, 15) is 18.4 Å². The predicted molar refractivity (Wildman–Crippen MR) is 93.9 cm³/mol. The molecule has 0 fully saturated rings. The number of nitrogens with zero attached hydrogens (tertiary/aromatic N) is 1. The summed E-state index contributed by atoms with van der Waals surface area (Å²) in [7, 11) is 1.53. The molecule has 2 aromatic rings. The highest BCUT2D eigenvalue weighted by Gasteiger charge is 2.13. The maximum atomic E-state index is 13.6. The fourth-order valence-corrected chi connectivity index (χ4v) is 2.44. The van der Waals surface area contributed by atoms with Crippen molar-refractivity contribution < 1.29 is 18.4 Å². The molecule has 2 rings (SSSR count). The molecule has 2 amide bonds. The number of halogens is 3. The van der Waals surface area contributed by atoms with Crippen molar-refractivity contribution in [1.82, 2.24) is 10.2 Å². The second-order valence-corrected chi connectivity index (χ2v) is 6.41. The van der Waals surface area contributed by atoms with Gasteiger partial charge in [0.1, 0.15) is 11.6 Å². The molecular formula is C18H17BrF2N2O2. The molecule has 0 unspecified atom stereocenters. The van der Waals surface area contributed by atoms with Gasteiger partial charge in [0.05, 0.1) is 0 Å². The molecule has 0 aliphatic rings. The van der Waals surface area contributed by atoms with Crippen molar-refractivity contribution in [2.24, 2.45) is 0 Å². The van der Waals surface area contributed by atoms with E-state index in [-0.39, 0.29) is 36.9 Å². The molecule has 25 heavy (non-hydrogen) atoms. The third-order valence-electron chi connectivity index (χ3n) is 3.58. The molecular weight excluding hydrogens is 394 g/mol. The minimum absolute atomic E-state index is 0.0333. The van der Waals surface area contributed by atoms with Gasteiger partial charge in [-0.2, -0.15) is 0 Å². The Hall–Kier alpha value is -2.28. The molecule has 0 saturated carbocycles. The highest BCUT2D eigenvalue weighted by Crippen LogP contribution is 2.12. The molecule has 2 aromatic carbocycles. The van der Waals surface area contributed by atoms with Gasteiger partial charge in [-0.3, -0.25) is 9.59 Å². The summed E-state index contributed by atoms with van der Waals surface area (Å²) in [5, 5.41) is 2.66. The largest absolute Gasteiger partial charge is 0.352 e. The van der Waals surface area contributed by atoms with E-state index in [2.05, 4.69) is 21.2 Å². The van der Waals surface area contributed by atoms with Gasteiger partial charge >= 0.3 is 0 Å². The van der Waals surface area contributed by atoms with Gasteiger partial charge in [0, 0.05) is 48.2 Å². The maximum absolute atomic E-state index is 13.6. The monoisotopic (exact) mass is 410 g/mol. The number of carbonyl (C=O) groups is 2. The van der Waals surface area contributed by atoms with Crippen LogP contribution in [-0.4, -0.2) is 30.3 Å². The van der Waals surface area contributed by atoms with Crippen LogP contribution >= 0.6 is 15.9 Å². The van der Waals surface area contributed by atoms with Gasteiger partial charge in [0.15, 0.2) is 0 Å². The van der Waals surface area contributed by atoms with Gasteiger partial charge in [0.25, 0.3) is 5.91 Å². The minimum atomic E-state index is -0.691. The highest BCUT2D eigenvalue weighted by molar-refractivity contribution is 9.10. The fraction of sp³-hybridized carbons (Fsp3) is 0.222. The summed E-state index contributed by atoms with van der Waals surface area (Å²) in [6, 6.07) is 10.1. The molecule has 0 heterocycles. The smallest absolute Gasteiger partial charge is 0.251 e. The lowest BCUT2D eigenvalue weighted by molar-refractivity contribution is -0.130. The van der Waals surface area contributed by atoms with Crippen molar-refractivity contribution >= 4 is 27.7 Å². The van der Waals surface area contributed by atoms with Crippen LogP contribution in [0, 0.1) is 11.6 Å². The first-order valence-electron chi connectivity index (χ1n) is 7.58. The Bertz CT molecular complexity index is 766. The molecule has 0 saturated heterocycles. The van der Waals surface area contributed by atoms with Crippen molar-refractivity contribution in [3.05, 3.63) is 69.7 Å². The van der Waals surface area contributed by atoms with E-state index in [1.54, 1.807) is 24.3 Å². The van der Waals surface area contributed by atoms with Crippen molar-refractivity contribution in [2.45, 2.75) is 13.0 Å². The lowest BCUT2D eigenvalue weighted by Gasteiger charge is -2.18. The number of nitrogens with one attached hydrogen (secondary N) is 1. The fourth-order valence-electron chi connectivity index (χ4n) is 2.17. The number of rotatable bonds is 6. The Labute approximate surface area is 153 Å².